The highest BCUT2D eigenvalue weighted by Gasteiger charge is 2.70. The predicted octanol–water partition coefficient (Wildman–Crippen LogP) is 3.96. The molecule has 0 aliphatic rings. The van der Waals surface area contributed by atoms with E-state index in [-0.39, 0.29) is 4.57 Å². The van der Waals surface area contributed by atoms with Gasteiger partial charge >= 0.3 is 18.5 Å². The normalized spacial score (nSPS) is 14.4. The summed E-state index contributed by atoms with van der Waals surface area (Å²) in [6, 6.07) is 0.321. The summed E-state index contributed by atoms with van der Waals surface area (Å²) in [6.07, 6.45) is -16.8. The Labute approximate surface area is 136 Å². The molecule has 2 aromatic heterocycles. The number of alkyl halides is 9. The molecule has 1 N–H and O–H groups in total. The van der Waals surface area contributed by atoms with E-state index in [1.165, 1.54) is 0 Å². The van der Waals surface area contributed by atoms with Crippen molar-refractivity contribution >= 4 is 22.8 Å². The summed E-state index contributed by atoms with van der Waals surface area (Å²) < 4.78 is 114. The number of halogens is 10. The van der Waals surface area contributed by atoms with E-state index >= 15 is 0 Å². The SMILES string of the molecule is OC(Cn1cnc2cc(C(F)(F)F)c(Cl)nc21)(C(F)(F)F)C(F)(F)F. The van der Waals surface area contributed by atoms with E-state index in [0.717, 1.165) is 0 Å². The van der Waals surface area contributed by atoms with Gasteiger partial charge in [-0.25, -0.2) is 9.97 Å². The molecular weight excluding hydrogens is 397 g/mol. The Morgan fingerprint density at radius 3 is 1.96 bits per heavy atom. The number of pyridine rings is 1. The second-order valence-corrected chi connectivity index (χ2v) is 5.25. The molecule has 0 spiro atoms. The van der Waals surface area contributed by atoms with Gasteiger partial charge < -0.3 is 9.67 Å². The van der Waals surface area contributed by atoms with Crippen molar-refractivity contribution in [1.29, 1.82) is 0 Å². The van der Waals surface area contributed by atoms with Crippen LogP contribution in [-0.4, -0.2) is 37.6 Å². The van der Waals surface area contributed by atoms with Crippen molar-refractivity contribution < 1.29 is 44.6 Å². The fraction of sp³-hybridized carbons (Fsp3) is 0.455. The molecule has 0 saturated carbocycles. The Hall–Kier alpha value is -1.76. The van der Waals surface area contributed by atoms with Crippen LogP contribution in [0.4, 0.5) is 39.5 Å². The monoisotopic (exact) mass is 401 g/mol. The van der Waals surface area contributed by atoms with Gasteiger partial charge in [0.1, 0.15) is 10.7 Å². The fourth-order valence-electron chi connectivity index (χ4n) is 1.87. The number of hydrogen-bond acceptors (Lipinski definition) is 3. The number of nitrogens with zero attached hydrogens (tertiary/aromatic N) is 3. The number of fused-ring (bicyclic) bond motifs is 1. The molecule has 0 aromatic carbocycles. The average molecular weight is 402 g/mol. The third-order valence-electron chi connectivity index (χ3n) is 3.19. The van der Waals surface area contributed by atoms with Gasteiger partial charge in [-0.1, -0.05) is 11.6 Å². The molecule has 0 aliphatic carbocycles. The minimum atomic E-state index is -6.11. The molecule has 2 aromatic rings. The van der Waals surface area contributed by atoms with Crippen LogP contribution in [0.1, 0.15) is 5.56 Å². The van der Waals surface area contributed by atoms with Gasteiger partial charge in [0.15, 0.2) is 5.65 Å². The van der Waals surface area contributed by atoms with Crippen molar-refractivity contribution in [3.8, 4) is 0 Å². The molecule has 4 nitrogen and oxygen atoms in total. The summed E-state index contributed by atoms with van der Waals surface area (Å²) in [4.78, 5) is 6.43. The van der Waals surface area contributed by atoms with Crippen molar-refractivity contribution in [2.75, 3.05) is 0 Å². The predicted molar refractivity (Wildman–Crippen MR) is 64.6 cm³/mol. The molecule has 0 radical (unpaired) electrons. The van der Waals surface area contributed by atoms with Crippen molar-refractivity contribution in [2.24, 2.45) is 0 Å². The quantitative estimate of drug-likeness (QED) is 0.612. The van der Waals surface area contributed by atoms with Crippen LogP contribution in [0.15, 0.2) is 12.4 Å². The Kier molecular flexibility index (Phi) is 4.40. The summed E-state index contributed by atoms with van der Waals surface area (Å²) in [5.74, 6) is 0. The maximum Gasteiger partial charge on any atom is 0.428 e. The molecule has 2 rings (SSSR count). The van der Waals surface area contributed by atoms with Gasteiger partial charge in [0.25, 0.3) is 5.60 Å². The van der Waals surface area contributed by atoms with Crippen LogP contribution >= 0.6 is 11.6 Å². The lowest BCUT2D eigenvalue weighted by Gasteiger charge is -2.32. The van der Waals surface area contributed by atoms with Gasteiger partial charge in [-0.2, -0.15) is 39.5 Å². The van der Waals surface area contributed by atoms with E-state index in [4.69, 9.17) is 16.7 Å². The summed E-state index contributed by atoms with van der Waals surface area (Å²) >= 11 is 5.29. The Balaban J connectivity index is 2.58. The molecule has 140 valence electrons. The molecule has 0 aliphatic heterocycles. The fourth-order valence-corrected chi connectivity index (χ4v) is 2.11. The topological polar surface area (TPSA) is 50.9 Å². The Bertz CT molecular complexity index is 779. The van der Waals surface area contributed by atoms with Crippen LogP contribution in [0.25, 0.3) is 11.2 Å². The maximum absolute atomic E-state index is 12.7. The molecule has 0 bridgehead atoms. The van der Waals surface area contributed by atoms with Crippen molar-refractivity contribution in [3.05, 3.63) is 23.1 Å². The van der Waals surface area contributed by atoms with Gasteiger partial charge in [-0.3, -0.25) is 0 Å². The average Bonchev–Trinajstić information content (AvgIpc) is 2.76. The first kappa shape index (κ1) is 19.6. The number of hydrogen-bond donors (Lipinski definition) is 1. The van der Waals surface area contributed by atoms with Crippen LogP contribution in [0.3, 0.4) is 0 Å². The summed E-state index contributed by atoms with van der Waals surface area (Å²) in [6.45, 7) is -2.12. The zero-order chi connectivity index (χ0) is 19.4. The maximum atomic E-state index is 12.7. The highest BCUT2D eigenvalue weighted by atomic mass is 35.5. The Morgan fingerprint density at radius 2 is 1.52 bits per heavy atom. The van der Waals surface area contributed by atoms with Crippen LogP contribution in [0.2, 0.25) is 5.15 Å². The molecule has 2 heterocycles. The van der Waals surface area contributed by atoms with Gasteiger partial charge in [0.05, 0.1) is 18.4 Å². The lowest BCUT2D eigenvalue weighted by atomic mass is 10.0. The first-order valence-corrected chi connectivity index (χ1v) is 6.40. The van der Waals surface area contributed by atoms with Gasteiger partial charge in [-0.05, 0) is 6.07 Å². The number of aromatic nitrogens is 3. The highest BCUT2D eigenvalue weighted by Crippen LogP contribution is 2.44. The van der Waals surface area contributed by atoms with E-state index in [1.54, 1.807) is 0 Å². The molecule has 0 amide bonds. The Morgan fingerprint density at radius 1 is 1.00 bits per heavy atom. The molecule has 25 heavy (non-hydrogen) atoms. The van der Waals surface area contributed by atoms with Gasteiger partial charge in [0, 0.05) is 0 Å². The summed E-state index contributed by atoms with van der Waals surface area (Å²) in [5.41, 5.74) is -8.06. The summed E-state index contributed by atoms with van der Waals surface area (Å²) in [7, 11) is 0. The van der Waals surface area contributed by atoms with Crippen molar-refractivity contribution in [1.82, 2.24) is 14.5 Å². The molecule has 14 heteroatoms. The van der Waals surface area contributed by atoms with Crippen molar-refractivity contribution in [2.45, 2.75) is 30.7 Å². The van der Waals surface area contributed by atoms with E-state index in [0.29, 0.717) is 12.4 Å². The number of aliphatic hydroxyl groups is 1. The van der Waals surface area contributed by atoms with Crippen LogP contribution < -0.4 is 0 Å². The first-order chi connectivity index (χ1) is 11.1. The second-order valence-electron chi connectivity index (χ2n) is 4.90. The van der Waals surface area contributed by atoms with Crippen LogP contribution in [0.5, 0.6) is 0 Å². The molecule has 0 unspecified atom stereocenters. The van der Waals surface area contributed by atoms with Crippen LogP contribution in [0, 0.1) is 0 Å². The van der Waals surface area contributed by atoms with E-state index < -0.39 is 52.6 Å². The third kappa shape index (κ3) is 3.34. The zero-order valence-electron chi connectivity index (χ0n) is 11.4. The minimum Gasteiger partial charge on any atom is -0.372 e. The standard InChI is InChI=1S/C11H5ClF9N3O/c12-6-4(9(13,14)15)1-5-7(23-6)24(3-22-5)2-8(25,10(16,17)18)11(19,20)21/h1,3,25H,2H2. The summed E-state index contributed by atoms with van der Waals surface area (Å²) in [5, 5.41) is 7.94. The van der Waals surface area contributed by atoms with E-state index in [2.05, 4.69) is 9.97 Å². The number of imidazole rings is 1. The molecule has 0 saturated heterocycles. The smallest absolute Gasteiger partial charge is 0.372 e. The lowest BCUT2D eigenvalue weighted by Crippen LogP contribution is -2.59. The molecular formula is C11H5ClF9N3O. The third-order valence-corrected chi connectivity index (χ3v) is 3.48. The number of rotatable bonds is 2. The highest BCUT2D eigenvalue weighted by molar-refractivity contribution is 6.30. The zero-order valence-corrected chi connectivity index (χ0v) is 12.2. The lowest BCUT2D eigenvalue weighted by molar-refractivity contribution is -0.371. The largest absolute Gasteiger partial charge is 0.428 e. The van der Waals surface area contributed by atoms with Crippen LogP contribution in [-0.2, 0) is 12.7 Å². The minimum absolute atomic E-state index is 0.113. The molecule has 0 fully saturated rings. The first-order valence-electron chi connectivity index (χ1n) is 6.02. The van der Waals surface area contributed by atoms with Gasteiger partial charge in [-0.15, -0.1) is 0 Å². The van der Waals surface area contributed by atoms with E-state index in [9.17, 15) is 39.5 Å². The van der Waals surface area contributed by atoms with Crippen molar-refractivity contribution in [3.63, 3.8) is 0 Å². The van der Waals surface area contributed by atoms with Gasteiger partial charge in [0.2, 0.25) is 0 Å². The molecule has 0 atom stereocenters. The van der Waals surface area contributed by atoms with E-state index in [1.807, 2.05) is 0 Å². The second kappa shape index (κ2) is 5.62.